The molecule has 154 valence electrons. The van der Waals surface area contributed by atoms with E-state index in [0.717, 1.165) is 16.7 Å². The molecule has 0 unspecified atom stereocenters. The number of piperazine rings is 1. The van der Waals surface area contributed by atoms with Gasteiger partial charge in [-0.15, -0.1) is 0 Å². The summed E-state index contributed by atoms with van der Waals surface area (Å²) in [6.45, 7) is 6.44. The van der Waals surface area contributed by atoms with E-state index in [4.69, 9.17) is 0 Å². The normalized spacial score (nSPS) is 16.8. The highest BCUT2D eigenvalue weighted by Gasteiger charge is 2.30. The zero-order valence-electron chi connectivity index (χ0n) is 16.9. The van der Waals surface area contributed by atoms with Crippen LogP contribution >= 0.6 is 0 Å². The van der Waals surface area contributed by atoms with E-state index < -0.39 is 0 Å². The molecule has 0 spiro atoms. The third-order valence-electron chi connectivity index (χ3n) is 5.85. The summed E-state index contributed by atoms with van der Waals surface area (Å²) in [7, 11) is 0. The van der Waals surface area contributed by atoms with Gasteiger partial charge in [0.1, 0.15) is 17.8 Å². The fourth-order valence-electron chi connectivity index (χ4n) is 4.16. The van der Waals surface area contributed by atoms with Crippen molar-refractivity contribution in [1.82, 2.24) is 29.3 Å². The van der Waals surface area contributed by atoms with Crippen molar-refractivity contribution in [1.29, 1.82) is 0 Å². The molecule has 0 radical (unpaired) electrons. The molecule has 30 heavy (non-hydrogen) atoms. The summed E-state index contributed by atoms with van der Waals surface area (Å²) < 4.78 is 1.80. The first-order chi connectivity index (χ1) is 14.7. The van der Waals surface area contributed by atoms with Crippen LogP contribution in [0.4, 0.5) is 5.82 Å². The van der Waals surface area contributed by atoms with Gasteiger partial charge >= 0.3 is 0 Å². The van der Waals surface area contributed by atoms with Crippen LogP contribution in [0, 0.1) is 0 Å². The fraction of sp³-hybridized carbons (Fsp3) is 0.381. The monoisotopic (exact) mass is 405 g/mol. The number of nitrogens with zero attached hydrogens (tertiary/aromatic N) is 7. The van der Waals surface area contributed by atoms with Crippen LogP contribution in [0.1, 0.15) is 28.0 Å². The Morgan fingerprint density at radius 2 is 1.83 bits per heavy atom. The number of hydrogen-bond donors (Lipinski definition) is 0. The highest BCUT2D eigenvalue weighted by molar-refractivity contribution is 5.96. The lowest BCUT2D eigenvalue weighted by atomic mass is 10.2. The molecule has 0 aliphatic carbocycles. The quantitative estimate of drug-likeness (QED) is 0.652. The second kappa shape index (κ2) is 7.40. The lowest BCUT2D eigenvalue weighted by molar-refractivity contribution is 0.0707. The van der Waals surface area contributed by atoms with E-state index in [2.05, 4.69) is 19.9 Å². The summed E-state index contributed by atoms with van der Waals surface area (Å²) in [5.74, 6) is 1.02. The number of hydrogen-bond acceptors (Lipinski definition) is 6. The van der Waals surface area contributed by atoms with Gasteiger partial charge in [0.25, 0.3) is 11.8 Å². The van der Waals surface area contributed by atoms with Gasteiger partial charge in [-0.25, -0.2) is 15.0 Å². The Labute approximate surface area is 173 Å². The first-order valence-electron chi connectivity index (χ1n) is 10.3. The van der Waals surface area contributed by atoms with Crippen molar-refractivity contribution in [2.45, 2.75) is 13.5 Å². The van der Waals surface area contributed by atoms with Crippen LogP contribution in [0.15, 0.2) is 36.8 Å². The molecule has 0 N–H and O–H groups in total. The van der Waals surface area contributed by atoms with Crippen LogP contribution < -0.4 is 4.90 Å². The Hall–Kier alpha value is -3.49. The first-order valence-corrected chi connectivity index (χ1v) is 10.3. The van der Waals surface area contributed by atoms with Crippen molar-refractivity contribution < 1.29 is 9.59 Å². The molecular formula is C21H23N7O2. The van der Waals surface area contributed by atoms with Crippen LogP contribution in [-0.2, 0) is 6.54 Å². The molecule has 1 aromatic carbocycles. The minimum absolute atomic E-state index is 0.108. The van der Waals surface area contributed by atoms with Gasteiger partial charge < -0.3 is 19.3 Å². The maximum atomic E-state index is 13.0. The number of likely N-dealkylation sites (N-methyl/N-ethyl adjacent to an activating group) is 1. The third kappa shape index (κ3) is 3.06. The molecule has 0 atom stereocenters. The van der Waals surface area contributed by atoms with Gasteiger partial charge in [-0.05, 0) is 19.1 Å². The smallest absolute Gasteiger partial charge is 0.289 e. The Morgan fingerprint density at radius 1 is 1.03 bits per heavy atom. The molecule has 9 heteroatoms. The Balaban J connectivity index is 1.30. The summed E-state index contributed by atoms with van der Waals surface area (Å²) in [5.41, 5.74) is 1.26. The number of para-hydroxylation sites is 1. The van der Waals surface area contributed by atoms with Gasteiger partial charge in [0.2, 0.25) is 0 Å². The molecule has 1 fully saturated rings. The zero-order valence-corrected chi connectivity index (χ0v) is 16.9. The van der Waals surface area contributed by atoms with Crippen LogP contribution in [0.5, 0.6) is 0 Å². The highest BCUT2D eigenvalue weighted by atomic mass is 16.2. The van der Waals surface area contributed by atoms with E-state index in [1.54, 1.807) is 26.9 Å². The highest BCUT2D eigenvalue weighted by Crippen LogP contribution is 2.24. The summed E-state index contributed by atoms with van der Waals surface area (Å²) in [5, 5.41) is 1.01. The Morgan fingerprint density at radius 3 is 2.63 bits per heavy atom. The molecule has 2 aliphatic rings. The van der Waals surface area contributed by atoms with Crippen molar-refractivity contribution in [3.05, 3.63) is 48.3 Å². The summed E-state index contributed by atoms with van der Waals surface area (Å²) >= 11 is 0. The summed E-state index contributed by atoms with van der Waals surface area (Å²) in [6, 6.07) is 7.94. The average Bonchev–Trinajstić information content (AvgIpc) is 3.24. The molecule has 1 saturated heterocycles. The molecule has 5 rings (SSSR count). The number of imidazole rings is 1. The van der Waals surface area contributed by atoms with Crippen LogP contribution in [0.25, 0.3) is 10.9 Å². The molecule has 0 bridgehead atoms. The minimum atomic E-state index is -0.125. The number of amides is 2. The lowest BCUT2D eigenvalue weighted by Gasteiger charge is -2.35. The molecule has 2 aromatic heterocycles. The van der Waals surface area contributed by atoms with Gasteiger partial charge in [-0.1, -0.05) is 12.1 Å². The van der Waals surface area contributed by atoms with Gasteiger partial charge in [0, 0.05) is 57.4 Å². The maximum Gasteiger partial charge on any atom is 0.289 e. The SMILES string of the molecule is CCN1CCn2cc(C(=O)N3CCN(c4ncnc5ccccc45)CC3)nc2C1=O. The van der Waals surface area contributed by atoms with Crippen molar-refractivity contribution in [3.63, 3.8) is 0 Å². The number of benzene rings is 1. The molecule has 2 aliphatic heterocycles. The molecule has 3 aromatic rings. The standard InChI is InChI=1S/C21H23N7O2/c1-2-25-7-12-28-13-17(24-19(28)21(25)30)20(29)27-10-8-26(9-11-27)18-15-5-3-4-6-16(15)22-14-23-18/h3-6,13-14H,2,7-12H2,1H3. The minimum Gasteiger partial charge on any atom is -0.352 e. The van der Waals surface area contributed by atoms with E-state index >= 15 is 0 Å². The molecule has 0 saturated carbocycles. The first kappa shape index (κ1) is 18.5. The number of fused-ring (bicyclic) bond motifs is 2. The van der Waals surface area contributed by atoms with E-state index in [9.17, 15) is 9.59 Å². The van der Waals surface area contributed by atoms with E-state index in [-0.39, 0.29) is 11.8 Å². The Kier molecular flexibility index (Phi) is 4.57. The number of anilines is 1. The second-order valence-electron chi connectivity index (χ2n) is 7.52. The largest absolute Gasteiger partial charge is 0.352 e. The number of rotatable bonds is 3. The topological polar surface area (TPSA) is 87.5 Å². The number of carbonyl (C=O) groups excluding carboxylic acids is 2. The predicted octanol–water partition coefficient (Wildman–Crippen LogP) is 1.26. The van der Waals surface area contributed by atoms with Crippen LogP contribution in [0.2, 0.25) is 0 Å². The number of aromatic nitrogens is 4. The van der Waals surface area contributed by atoms with Gasteiger partial charge in [0.05, 0.1) is 5.52 Å². The lowest BCUT2D eigenvalue weighted by Crippen LogP contribution is -2.49. The van der Waals surface area contributed by atoms with Crippen LogP contribution in [-0.4, -0.2) is 80.4 Å². The van der Waals surface area contributed by atoms with E-state index in [1.165, 1.54) is 0 Å². The number of carbonyl (C=O) groups is 2. The molecular weight excluding hydrogens is 382 g/mol. The third-order valence-corrected chi connectivity index (χ3v) is 5.85. The van der Waals surface area contributed by atoms with Crippen molar-refractivity contribution in [2.75, 3.05) is 44.2 Å². The molecule has 4 heterocycles. The van der Waals surface area contributed by atoms with Gasteiger partial charge in [0.15, 0.2) is 5.82 Å². The predicted molar refractivity (Wildman–Crippen MR) is 111 cm³/mol. The molecule has 2 amide bonds. The van der Waals surface area contributed by atoms with Crippen LogP contribution in [0.3, 0.4) is 0 Å². The fourth-order valence-corrected chi connectivity index (χ4v) is 4.16. The van der Waals surface area contributed by atoms with Gasteiger partial charge in [-0.3, -0.25) is 9.59 Å². The van der Waals surface area contributed by atoms with Crippen molar-refractivity contribution >= 4 is 28.5 Å². The maximum absolute atomic E-state index is 13.0. The van der Waals surface area contributed by atoms with E-state index in [1.807, 2.05) is 31.2 Å². The summed E-state index contributed by atoms with van der Waals surface area (Å²) in [4.78, 5) is 44.4. The molecule has 9 nitrogen and oxygen atoms in total. The van der Waals surface area contributed by atoms with E-state index in [0.29, 0.717) is 57.3 Å². The van der Waals surface area contributed by atoms with Gasteiger partial charge in [-0.2, -0.15) is 0 Å². The van der Waals surface area contributed by atoms with Crippen molar-refractivity contribution in [3.8, 4) is 0 Å². The summed E-state index contributed by atoms with van der Waals surface area (Å²) in [6.07, 6.45) is 3.30. The zero-order chi connectivity index (χ0) is 20.7. The second-order valence-corrected chi connectivity index (χ2v) is 7.52. The average molecular weight is 405 g/mol. The Bertz CT molecular complexity index is 1110. The van der Waals surface area contributed by atoms with Crippen molar-refractivity contribution in [2.24, 2.45) is 0 Å².